The number of piperidine rings is 1. The number of rotatable bonds is 5. The number of fused-ring (bicyclic) bond motifs is 1. The first-order valence-corrected chi connectivity index (χ1v) is 12.5. The summed E-state index contributed by atoms with van der Waals surface area (Å²) < 4.78 is 17.0. The first kappa shape index (κ1) is 22.7. The molecule has 186 valence electrons. The van der Waals surface area contributed by atoms with Crippen LogP contribution < -0.4 is 4.90 Å². The molecule has 3 aliphatic heterocycles. The van der Waals surface area contributed by atoms with Gasteiger partial charge < -0.3 is 23.7 Å². The maximum atomic E-state index is 13.6. The first-order chi connectivity index (χ1) is 17.6. The van der Waals surface area contributed by atoms with E-state index in [4.69, 9.17) is 13.9 Å². The fraction of sp³-hybridized carbons (Fsp3) is 0.407. The van der Waals surface area contributed by atoms with Crippen molar-refractivity contribution in [1.29, 1.82) is 0 Å². The average Bonchev–Trinajstić information content (AvgIpc) is 3.62. The summed E-state index contributed by atoms with van der Waals surface area (Å²) in [4.78, 5) is 38.5. The van der Waals surface area contributed by atoms with Crippen LogP contribution in [0.4, 0.5) is 5.82 Å². The van der Waals surface area contributed by atoms with Crippen LogP contribution in [0.15, 0.2) is 59.3 Å². The summed E-state index contributed by atoms with van der Waals surface area (Å²) >= 11 is 0. The number of aromatic nitrogens is 2. The van der Waals surface area contributed by atoms with Crippen molar-refractivity contribution in [3.8, 4) is 11.5 Å². The molecule has 5 heterocycles. The Kier molecular flexibility index (Phi) is 5.72. The summed E-state index contributed by atoms with van der Waals surface area (Å²) in [6, 6.07) is 14.0. The molecule has 9 nitrogen and oxygen atoms in total. The minimum Gasteiger partial charge on any atom is -0.461 e. The molecule has 6 rings (SSSR count). The zero-order chi connectivity index (χ0) is 24.7. The Labute approximate surface area is 209 Å². The van der Waals surface area contributed by atoms with Crippen LogP contribution in [0, 0.1) is 0 Å². The van der Waals surface area contributed by atoms with Crippen LogP contribution in [0.25, 0.3) is 11.5 Å². The number of pyridine rings is 1. The second-order valence-corrected chi connectivity index (χ2v) is 9.43. The zero-order valence-electron chi connectivity index (χ0n) is 20.1. The highest BCUT2D eigenvalue weighted by Crippen LogP contribution is 2.47. The van der Waals surface area contributed by atoms with Gasteiger partial charge in [0.2, 0.25) is 5.89 Å². The molecule has 3 saturated heterocycles. The van der Waals surface area contributed by atoms with Crippen LogP contribution in [0.1, 0.15) is 54.7 Å². The quantitative estimate of drug-likeness (QED) is 0.498. The SMILES string of the molecule is CCOC(=O)c1coc(-c2ccnc(N3CCC4(CC3)O[C@@H]3CC[C@@H](c5ccccc5)N3C4=O)c2)n1. The standard InChI is InChI=1S/C27H28N4O5/c1-2-34-25(32)20-17-35-24(29-20)19-10-13-28-22(16-19)30-14-11-27(12-15-30)26(33)31-21(8-9-23(31)36-27)18-6-4-3-5-7-18/h3-7,10,13,16-17,21,23H,2,8-9,11-12,14-15H2,1H3/t21-,23+/m0/s1. The molecule has 0 N–H and O–H groups in total. The third kappa shape index (κ3) is 3.83. The highest BCUT2D eigenvalue weighted by atomic mass is 16.6. The van der Waals surface area contributed by atoms with Gasteiger partial charge >= 0.3 is 5.97 Å². The molecule has 36 heavy (non-hydrogen) atoms. The molecule has 0 radical (unpaired) electrons. The molecule has 2 aromatic heterocycles. The Morgan fingerprint density at radius 2 is 1.97 bits per heavy atom. The normalized spacial score (nSPS) is 22.8. The minimum atomic E-state index is -0.761. The Morgan fingerprint density at radius 1 is 1.17 bits per heavy atom. The van der Waals surface area contributed by atoms with Crippen LogP contribution in [0.2, 0.25) is 0 Å². The monoisotopic (exact) mass is 488 g/mol. The van der Waals surface area contributed by atoms with E-state index < -0.39 is 11.6 Å². The molecule has 0 saturated carbocycles. The van der Waals surface area contributed by atoms with Crippen molar-refractivity contribution in [2.45, 2.75) is 50.5 Å². The predicted octanol–water partition coefficient (Wildman–Crippen LogP) is 3.97. The maximum Gasteiger partial charge on any atom is 0.360 e. The third-order valence-corrected chi connectivity index (χ3v) is 7.38. The van der Waals surface area contributed by atoms with Gasteiger partial charge in [-0.3, -0.25) is 4.79 Å². The number of oxazole rings is 1. The van der Waals surface area contributed by atoms with Gasteiger partial charge in [0, 0.05) is 37.7 Å². The number of nitrogens with zero attached hydrogens (tertiary/aromatic N) is 4. The molecule has 9 heteroatoms. The maximum absolute atomic E-state index is 13.6. The van der Waals surface area contributed by atoms with Crippen molar-refractivity contribution in [3.63, 3.8) is 0 Å². The molecule has 0 bridgehead atoms. The van der Waals surface area contributed by atoms with E-state index in [1.807, 2.05) is 29.2 Å². The first-order valence-electron chi connectivity index (χ1n) is 12.5. The summed E-state index contributed by atoms with van der Waals surface area (Å²) in [6.45, 7) is 3.32. The number of hydrogen-bond donors (Lipinski definition) is 0. The molecule has 0 aliphatic carbocycles. The van der Waals surface area contributed by atoms with E-state index in [0.29, 0.717) is 31.8 Å². The molecule has 1 amide bonds. The summed E-state index contributed by atoms with van der Waals surface area (Å²) in [5.74, 6) is 0.703. The van der Waals surface area contributed by atoms with Gasteiger partial charge in [-0.1, -0.05) is 30.3 Å². The number of esters is 1. The number of amides is 1. The molecule has 3 aliphatic rings. The van der Waals surface area contributed by atoms with E-state index in [2.05, 4.69) is 27.0 Å². The van der Waals surface area contributed by atoms with Gasteiger partial charge in [0.15, 0.2) is 11.3 Å². The summed E-state index contributed by atoms with van der Waals surface area (Å²) in [5.41, 5.74) is 1.26. The van der Waals surface area contributed by atoms with Gasteiger partial charge in [-0.05, 0) is 37.5 Å². The summed E-state index contributed by atoms with van der Waals surface area (Å²) in [5, 5.41) is 0. The van der Waals surface area contributed by atoms with E-state index in [1.165, 1.54) is 11.8 Å². The van der Waals surface area contributed by atoms with E-state index in [1.54, 1.807) is 19.2 Å². The van der Waals surface area contributed by atoms with Crippen LogP contribution in [-0.4, -0.2) is 58.3 Å². The Bertz CT molecular complexity index is 1270. The van der Waals surface area contributed by atoms with Gasteiger partial charge in [0.1, 0.15) is 18.3 Å². The molecule has 3 aromatic rings. The predicted molar refractivity (Wildman–Crippen MR) is 130 cm³/mol. The van der Waals surface area contributed by atoms with Crippen molar-refractivity contribution in [2.24, 2.45) is 0 Å². The number of carbonyl (C=O) groups is 2. The van der Waals surface area contributed by atoms with Crippen molar-refractivity contribution in [1.82, 2.24) is 14.9 Å². The minimum absolute atomic E-state index is 0.0831. The number of carbonyl (C=O) groups excluding carboxylic acids is 2. The summed E-state index contributed by atoms with van der Waals surface area (Å²) in [7, 11) is 0. The molecular formula is C27H28N4O5. The fourth-order valence-corrected chi connectivity index (χ4v) is 5.57. The van der Waals surface area contributed by atoms with Crippen molar-refractivity contribution < 1.29 is 23.5 Å². The molecule has 0 unspecified atom stereocenters. The largest absolute Gasteiger partial charge is 0.461 e. The number of benzene rings is 1. The van der Waals surface area contributed by atoms with Crippen LogP contribution >= 0.6 is 0 Å². The van der Waals surface area contributed by atoms with E-state index in [-0.39, 0.29) is 30.5 Å². The second-order valence-electron chi connectivity index (χ2n) is 9.43. The molecular weight excluding hydrogens is 460 g/mol. The smallest absolute Gasteiger partial charge is 0.360 e. The van der Waals surface area contributed by atoms with Gasteiger partial charge in [-0.15, -0.1) is 0 Å². The topological polar surface area (TPSA) is 98.0 Å². The van der Waals surface area contributed by atoms with E-state index in [0.717, 1.165) is 24.2 Å². The molecule has 1 aromatic carbocycles. The number of anilines is 1. The molecule has 3 fully saturated rings. The van der Waals surface area contributed by atoms with Gasteiger partial charge in [-0.2, -0.15) is 0 Å². The lowest BCUT2D eigenvalue weighted by Crippen LogP contribution is -2.50. The third-order valence-electron chi connectivity index (χ3n) is 7.38. The van der Waals surface area contributed by atoms with Crippen molar-refractivity contribution in [3.05, 3.63) is 66.2 Å². The second kappa shape index (κ2) is 9.05. The van der Waals surface area contributed by atoms with Crippen LogP contribution in [0.5, 0.6) is 0 Å². The lowest BCUT2D eigenvalue weighted by Gasteiger charge is -2.38. The van der Waals surface area contributed by atoms with Gasteiger partial charge in [0.05, 0.1) is 12.6 Å². The lowest BCUT2D eigenvalue weighted by molar-refractivity contribution is -0.140. The molecule has 1 spiro atoms. The Balaban J connectivity index is 1.15. The van der Waals surface area contributed by atoms with Gasteiger partial charge in [0.25, 0.3) is 5.91 Å². The van der Waals surface area contributed by atoms with Crippen molar-refractivity contribution >= 4 is 17.7 Å². The van der Waals surface area contributed by atoms with Gasteiger partial charge in [-0.25, -0.2) is 14.8 Å². The van der Waals surface area contributed by atoms with Crippen LogP contribution in [-0.2, 0) is 14.3 Å². The average molecular weight is 489 g/mol. The van der Waals surface area contributed by atoms with Crippen molar-refractivity contribution in [2.75, 3.05) is 24.6 Å². The zero-order valence-corrected chi connectivity index (χ0v) is 20.1. The highest BCUT2D eigenvalue weighted by Gasteiger charge is 2.57. The molecule has 2 atom stereocenters. The van der Waals surface area contributed by atoms with E-state index >= 15 is 0 Å². The fourth-order valence-electron chi connectivity index (χ4n) is 5.57. The highest BCUT2D eigenvalue weighted by molar-refractivity contribution is 5.88. The Hall–Kier alpha value is -3.72. The van der Waals surface area contributed by atoms with Crippen LogP contribution in [0.3, 0.4) is 0 Å². The lowest BCUT2D eigenvalue weighted by atomic mass is 9.89. The van der Waals surface area contributed by atoms with E-state index in [9.17, 15) is 9.59 Å². The number of ether oxygens (including phenoxy) is 2. The number of hydrogen-bond acceptors (Lipinski definition) is 8. The Morgan fingerprint density at radius 3 is 2.75 bits per heavy atom. The summed E-state index contributed by atoms with van der Waals surface area (Å²) in [6.07, 6.45) is 5.87.